The Morgan fingerprint density at radius 1 is 0.963 bits per heavy atom. The molecule has 142 valence electrons. The van der Waals surface area contributed by atoms with E-state index in [1.165, 1.54) is 12.1 Å². The molecule has 6 heteroatoms. The van der Waals surface area contributed by atoms with Crippen LogP contribution in [0.3, 0.4) is 0 Å². The quantitative estimate of drug-likeness (QED) is 0.833. The van der Waals surface area contributed by atoms with Gasteiger partial charge in [-0.15, -0.1) is 0 Å². The number of benzene rings is 2. The van der Waals surface area contributed by atoms with E-state index in [2.05, 4.69) is 4.90 Å². The summed E-state index contributed by atoms with van der Waals surface area (Å²) < 4.78 is 24.4. The number of anilines is 1. The van der Waals surface area contributed by atoms with Crippen LogP contribution in [0.5, 0.6) is 0 Å². The molecule has 0 aromatic heterocycles. The highest BCUT2D eigenvalue weighted by atomic mass is 19.1. The molecule has 0 unspecified atom stereocenters. The van der Waals surface area contributed by atoms with Crippen LogP contribution >= 0.6 is 0 Å². The molecular weight excluding hydrogens is 347 g/mol. The number of carbonyl (C=O) groups is 1. The fourth-order valence-corrected chi connectivity index (χ4v) is 3.62. The Morgan fingerprint density at radius 2 is 1.70 bits per heavy atom. The molecule has 1 atom stereocenters. The van der Waals surface area contributed by atoms with Gasteiger partial charge < -0.3 is 19.3 Å². The van der Waals surface area contributed by atoms with Crippen LogP contribution in [0, 0.1) is 5.82 Å². The zero-order valence-electron chi connectivity index (χ0n) is 15.1. The van der Waals surface area contributed by atoms with E-state index >= 15 is 0 Å². The molecule has 0 spiro atoms. The molecular formula is C21H23FN2O3. The van der Waals surface area contributed by atoms with Gasteiger partial charge in [-0.1, -0.05) is 24.3 Å². The Kier molecular flexibility index (Phi) is 5.36. The lowest BCUT2D eigenvalue weighted by molar-refractivity contribution is -0.0228. The summed E-state index contributed by atoms with van der Waals surface area (Å²) in [4.78, 5) is 17.3. The Morgan fingerprint density at radius 3 is 2.48 bits per heavy atom. The van der Waals surface area contributed by atoms with Gasteiger partial charge in [0.25, 0.3) is 5.91 Å². The SMILES string of the molecule is O=C(c1ccccc1N1CCOCC1)N1CCO[C@@H](c2ccc(F)cc2)C1. The molecule has 2 aliphatic rings. The standard InChI is InChI=1S/C21H23FN2O3/c22-17-7-5-16(6-8-17)20-15-24(11-14-27-20)21(25)18-3-1-2-4-19(18)23-9-12-26-13-10-23/h1-8,20H,9-15H2/t20-/m1/s1. The first-order chi connectivity index (χ1) is 13.2. The summed E-state index contributed by atoms with van der Waals surface area (Å²) in [5.41, 5.74) is 2.55. The highest BCUT2D eigenvalue weighted by molar-refractivity contribution is 6.00. The highest BCUT2D eigenvalue weighted by Crippen LogP contribution is 2.27. The number of hydrogen-bond donors (Lipinski definition) is 0. The number of para-hydroxylation sites is 1. The maximum atomic E-state index is 13.2. The lowest BCUT2D eigenvalue weighted by Gasteiger charge is -2.35. The van der Waals surface area contributed by atoms with E-state index < -0.39 is 0 Å². The van der Waals surface area contributed by atoms with Crippen molar-refractivity contribution in [3.8, 4) is 0 Å². The summed E-state index contributed by atoms with van der Waals surface area (Å²) in [6.45, 7) is 4.39. The number of morpholine rings is 2. The number of halogens is 1. The predicted molar refractivity (Wildman–Crippen MR) is 100 cm³/mol. The van der Waals surface area contributed by atoms with Crippen LogP contribution < -0.4 is 4.90 Å². The lowest BCUT2D eigenvalue weighted by Crippen LogP contribution is -2.43. The first kappa shape index (κ1) is 17.9. The number of carbonyl (C=O) groups excluding carboxylic acids is 1. The smallest absolute Gasteiger partial charge is 0.256 e. The molecule has 2 aliphatic heterocycles. The fourth-order valence-electron chi connectivity index (χ4n) is 3.62. The molecule has 2 aromatic rings. The zero-order chi connectivity index (χ0) is 18.6. The van der Waals surface area contributed by atoms with Crippen molar-refractivity contribution in [3.05, 3.63) is 65.5 Å². The molecule has 0 aliphatic carbocycles. The first-order valence-electron chi connectivity index (χ1n) is 9.30. The van der Waals surface area contributed by atoms with E-state index in [4.69, 9.17) is 9.47 Å². The van der Waals surface area contributed by atoms with Crippen molar-refractivity contribution >= 4 is 11.6 Å². The van der Waals surface area contributed by atoms with Gasteiger partial charge in [-0.25, -0.2) is 4.39 Å². The van der Waals surface area contributed by atoms with Crippen LogP contribution in [-0.2, 0) is 9.47 Å². The minimum Gasteiger partial charge on any atom is -0.378 e. The lowest BCUT2D eigenvalue weighted by atomic mass is 10.1. The van der Waals surface area contributed by atoms with Crippen molar-refractivity contribution in [3.63, 3.8) is 0 Å². The second-order valence-electron chi connectivity index (χ2n) is 6.78. The summed E-state index contributed by atoms with van der Waals surface area (Å²) in [6, 6.07) is 14.0. The summed E-state index contributed by atoms with van der Waals surface area (Å²) in [5, 5.41) is 0. The summed E-state index contributed by atoms with van der Waals surface area (Å²) in [5.74, 6) is -0.269. The maximum Gasteiger partial charge on any atom is 0.256 e. The van der Waals surface area contributed by atoms with Crippen LogP contribution in [0.15, 0.2) is 48.5 Å². The molecule has 2 aromatic carbocycles. The van der Waals surface area contributed by atoms with Crippen LogP contribution in [0.4, 0.5) is 10.1 Å². The molecule has 2 fully saturated rings. The largest absolute Gasteiger partial charge is 0.378 e. The first-order valence-corrected chi connectivity index (χ1v) is 9.30. The van der Waals surface area contributed by atoms with Gasteiger partial charge in [-0.3, -0.25) is 4.79 Å². The van der Waals surface area contributed by atoms with E-state index in [0.717, 1.165) is 24.3 Å². The van der Waals surface area contributed by atoms with Gasteiger partial charge in [0, 0.05) is 25.3 Å². The summed E-state index contributed by atoms with van der Waals surface area (Å²) in [7, 11) is 0. The Hall–Kier alpha value is -2.44. The van der Waals surface area contributed by atoms with Crippen molar-refractivity contribution < 1.29 is 18.7 Å². The second kappa shape index (κ2) is 8.06. The van der Waals surface area contributed by atoms with Crippen molar-refractivity contribution in [2.24, 2.45) is 0 Å². The third-order valence-corrected chi connectivity index (χ3v) is 5.08. The Labute approximate surface area is 158 Å². The minimum atomic E-state index is -0.276. The third kappa shape index (κ3) is 3.96. The van der Waals surface area contributed by atoms with E-state index in [-0.39, 0.29) is 17.8 Å². The van der Waals surface area contributed by atoms with Gasteiger partial charge in [0.1, 0.15) is 11.9 Å². The molecule has 2 heterocycles. The molecule has 1 amide bonds. The molecule has 0 radical (unpaired) electrons. The van der Waals surface area contributed by atoms with Crippen molar-refractivity contribution in [1.82, 2.24) is 4.90 Å². The van der Waals surface area contributed by atoms with Gasteiger partial charge in [0.15, 0.2) is 0 Å². The van der Waals surface area contributed by atoms with E-state index in [1.807, 2.05) is 29.2 Å². The zero-order valence-corrected chi connectivity index (χ0v) is 15.1. The molecule has 2 saturated heterocycles. The highest BCUT2D eigenvalue weighted by Gasteiger charge is 2.28. The van der Waals surface area contributed by atoms with E-state index in [1.54, 1.807) is 12.1 Å². The normalized spacial score (nSPS) is 20.6. The van der Waals surface area contributed by atoms with Gasteiger partial charge in [0.05, 0.1) is 31.9 Å². The number of amides is 1. The number of nitrogens with zero attached hydrogens (tertiary/aromatic N) is 2. The Balaban J connectivity index is 1.53. The van der Waals surface area contributed by atoms with E-state index in [9.17, 15) is 9.18 Å². The van der Waals surface area contributed by atoms with Gasteiger partial charge in [0.2, 0.25) is 0 Å². The fraction of sp³-hybridized carbons (Fsp3) is 0.381. The van der Waals surface area contributed by atoms with Gasteiger partial charge in [-0.05, 0) is 29.8 Å². The average molecular weight is 370 g/mol. The molecule has 0 saturated carbocycles. The number of rotatable bonds is 3. The van der Waals surface area contributed by atoms with Crippen LogP contribution in [0.1, 0.15) is 22.0 Å². The van der Waals surface area contributed by atoms with Crippen LogP contribution in [0.2, 0.25) is 0 Å². The third-order valence-electron chi connectivity index (χ3n) is 5.08. The number of ether oxygens (including phenoxy) is 2. The van der Waals surface area contributed by atoms with Gasteiger partial charge >= 0.3 is 0 Å². The average Bonchev–Trinajstić information content (AvgIpc) is 2.74. The van der Waals surface area contributed by atoms with Gasteiger partial charge in [-0.2, -0.15) is 0 Å². The molecule has 0 N–H and O–H groups in total. The van der Waals surface area contributed by atoms with Crippen LogP contribution in [-0.4, -0.2) is 56.8 Å². The number of hydrogen-bond acceptors (Lipinski definition) is 4. The Bertz CT molecular complexity index is 790. The van der Waals surface area contributed by atoms with E-state index in [0.29, 0.717) is 38.5 Å². The summed E-state index contributed by atoms with van der Waals surface area (Å²) >= 11 is 0. The summed E-state index contributed by atoms with van der Waals surface area (Å²) in [6.07, 6.45) is -0.237. The molecule has 0 bridgehead atoms. The van der Waals surface area contributed by atoms with Crippen molar-refractivity contribution in [2.75, 3.05) is 50.9 Å². The van der Waals surface area contributed by atoms with Crippen LogP contribution in [0.25, 0.3) is 0 Å². The monoisotopic (exact) mass is 370 g/mol. The maximum absolute atomic E-state index is 13.2. The molecule has 5 nitrogen and oxygen atoms in total. The van der Waals surface area contributed by atoms with Crippen molar-refractivity contribution in [2.45, 2.75) is 6.10 Å². The molecule has 27 heavy (non-hydrogen) atoms. The molecule has 4 rings (SSSR count). The van der Waals surface area contributed by atoms with Crippen molar-refractivity contribution in [1.29, 1.82) is 0 Å². The topological polar surface area (TPSA) is 42.0 Å². The minimum absolute atomic E-state index is 0.00695. The predicted octanol–water partition coefficient (Wildman–Crippen LogP) is 2.88. The second-order valence-corrected chi connectivity index (χ2v) is 6.78.